The molecule has 1 N–H and O–H groups in total. The lowest BCUT2D eigenvalue weighted by Gasteiger charge is -2.36. The zero-order valence-electron chi connectivity index (χ0n) is 14.8. The molecule has 24 heavy (non-hydrogen) atoms. The first kappa shape index (κ1) is 16.8. The minimum atomic E-state index is 0.154. The van der Waals surface area contributed by atoms with Gasteiger partial charge in [0, 0.05) is 72.3 Å². The molecule has 0 bridgehead atoms. The quantitative estimate of drug-likeness (QED) is 0.647. The zero-order valence-corrected chi connectivity index (χ0v) is 14.8. The van der Waals surface area contributed by atoms with Crippen LogP contribution < -0.4 is 5.32 Å². The van der Waals surface area contributed by atoms with Crippen molar-refractivity contribution in [3.63, 3.8) is 0 Å². The van der Waals surface area contributed by atoms with Crippen LogP contribution >= 0.6 is 0 Å². The van der Waals surface area contributed by atoms with Gasteiger partial charge < -0.3 is 19.7 Å². The minimum Gasteiger partial charge on any atom is -0.356 e. The molecule has 7 nitrogen and oxygen atoms in total. The van der Waals surface area contributed by atoms with Crippen LogP contribution in [-0.2, 0) is 24.2 Å². The van der Waals surface area contributed by atoms with E-state index in [0.717, 1.165) is 63.8 Å². The molecule has 3 heterocycles. The van der Waals surface area contributed by atoms with Crippen LogP contribution in [0, 0.1) is 0 Å². The third kappa shape index (κ3) is 3.88. The lowest BCUT2D eigenvalue weighted by atomic mass is 10.2. The summed E-state index contributed by atoms with van der Waals surface area (Å²) in [7, 11) is 1.81. The Morgan fingerprint density at radius 2 is 1.96 bits per heavy atom. The van der Waals surface area contributed by atoms with Crippen LogP contribution in [0.2, 0.25) is 0 Å². The first-order valence-electron chi connectivity index (χ1n) is 8.93. The number of aromatic nitrogens is 2. The van der Waals surface area contributed by atoms with Crippen LogP contribution in [0.5, 0.6) is 0 Å². The number of hydrogen-bond acceptors (Lipinski definition) is 3. The van der Waals surface area contributed by atoms with E-state index < -0.39 is 0 Å². The van der Waals surface area contributed by atoms with Crippen molar-refractivity contribution >= 4 is 11.9 Å². The van der Waals surface area contributed by atoms with Crippen LogP contribution in [0.3, 0.4) is 0 Å². The molecule has 7 heteroatoms. The Balaban J connectivity index is 1.46. The monoisotopic (exact) mass is 332 g/mol. The number of fused-ring (bicyclic) bond motifs is 1. The third-order valence-electron chi connectivity index (χ3n) is 4.86. The first-order valence-corrected chi connectivity index (χ1v) is 8.93. The van der Waals surface area contributed by atoms with Crippen molar-refractivity contribution in [3.05, 3.63) is 17.7 Å². The number of imidazole rings is 1. The fourth-order valence-electron chi connectivity index (χ4n) is 3.46. The molecule has 2 aliphatic rings. The summed E-state index contributed by atoms with van der Waals surface area (Å²) in [6.45, 7) is 6.77. The van der Waals surface area contributed by atoms with Gasteiger partial charge in [-0.3, -0.25) is 9.79 Å². The van der Waals surface area contributed by atoms with Crippen molar-refractivity contribution < 1.29 is 4.79 Å². The number of aliphatic imine (C=N–C) groups is 1. The van der Waals surface area contributed by atoms with Gasteiger partial charge in [-0.2, -0.15) is 0 Å². The number of guanidine groups is 1. The molecule has 1 fully saturated rings. The molecule has 0 atom stereocenters. The van der Waals surface area contributed by atoms with Gasteiger partial charge >= 0.3 is 0 Å². The topological polar surface area (TPSA) is 65.8 Å². The summed E-state index contributed by atoms with van der Waals surface area (Å²) in [6, 6.07) is 0. The van der Waals surface area contributed by atoms with E-state index in [0.29, 0.717) is 0 Å². The van der Waals surface area contributed by atoms with Gasteiger partial charge in [-0.05, 0) is 12.8 Å². The van der Waals surface area contributed by atoms with E-state index in [2.05, 4.69) is 26.0 Å². The predicted molar refractivity (Wildman–Crippen MR) is 94.1 cm³/mol. The molecule has 1 aromatic rings. The Kier molecular flexibility index (Phi) is 5.37. The summed E-state index contributed by atoms with van der Waals surface area (Å²) in [4.78, 5) is 24.6. The van der Waals surface area contributed by atoms with Gasteiger partial charge in [-0.15, -0.1) is 0 Å². The Bertz CT molecular complexity index is 577. The summed E-state index contributed by atoms with van der Waals surface area (Å²) in [6.07, 6.45) is 6.74. The highest BCUT2D eigenvalue weighted by Gasteiger charge is 2.20. The molecule has 3 rings (SSSR count). The van der Waals surface area contributed by atoms with E-state index in [-0.39, 0.29) is 5.91 Å². The molecule has 0 aliphatic carbocycles. The minimum absolute atomic E-state index is 0.154. The standard InChI is InChI=1S/C17H28N6O/c1-14(24)21-9-11-22(12-10-21)17(18-2)19-7-6-15-13-23-8-4-3-5-16(23)20-15/h13H,3-12H2,1-2H3,(H,18,19). The molecule has 1 aromatic heterocycles. The molecule has 1 saturated heterocycles. The SMILES string of the molecule is CN=C(NCCc1cn2c(n1)CCCC2)N1CCN(C(C)=O)CC1. The van der Waals surface area contributed by atoms with Crippen LogP contribution in [0.15, 0.2) is 11.2 Å². The number of carbonyl (C=O) groups excluding carboxylic acids is 1. The average Bonchev–Trinajstić information content (AvgIpc) is 3.01. The molecule has 1 amide bonds. The van der Waals surface area contributed by atoms with Crippen molar-refractivity contribution in [1.82, 2.24) is 24.7 Å². The van der Waals surface area contributed by atoms with Gasteiger partial charge in [0.05, 0.1) is 5.69 Å². The van der Waals surface area contributed by atoms with E-state index in [9.17, 15) is 4.79 Å². The fourth-order valence-corrected chi connectivity index (χ4v) is 3.46. The second kappa shape index (κ2) is 7.68. The molecule has 0 unspecified atom stereocenters. The number of piperazine rings is 1. The molecule has 0 radical (unpaired) electrons. The second-order valence-corrected chi connectivity index (χ2v) is 6.52. The number of nitrogens with one attached hydrogen (secondary N) is 1. The average molecular weight is 332 g/mol. The largest absolute Gasteiger partial charge is 0.356 e. The summed E-state index contributed by atoms with van der Waals surface area (Å²) in [5.74, 6) is 2.31. The van der Waals surface area contributed by atoms with Crippen LogP contribution in [0.1, 0.15) is 31.3 Å². The Hall–Kier alpha value is -2.05. The maximum atomic E-state index is 11.4. The fraction of sp³-hybridized carbons (Fsp3) is 0.706. The molecule has 2 aliphatic heterocycles. The van der Waals surface area contributed by atoms with E-state index in [1.54, 1.807) is 6.92 Å². The normalized spacial score (nSPS) is 18.5. The highest BCUT2D eigenvalue weighted by Crippen LogP contribution is 2.14. The van der Waals surface area contributed by atoms with Gasteiger partial charge in [0.15, 0.2) is 5.96 Å². The highest BCUT2D eigenvalue weighted by atomic mass is 16.2. The van der Waals surface area contributed by atoms with Crippen molar-refractivity contribution in [2.24, 2.45) is 4.99 Å². The smallest absolute Gasteiger partial charge is 0.219 e. The van der Waals surface area contributed by atoms with Crippen molar-refractivity contribution in [1.29, 1.82) is 0 Å². The third-order valence-corrected chi connectivity index (χ3v) is 4.86. The molecule has 132 valence electrons. The van der Waals surface area contributed by atoms with Gasteiger partial charge in [0.1, 0.15) is 5.82 Å². The van der Waals surface area contributed by atoms with Crippen molar-refractivity contribution in [3.8, 4) is 0 Å². The molecule has 0 saturated carbocycles. The summed E-state index contributed by atoms with van der Waals surface area (Å²) >= 11 is 0. The van der Waals surface area contributed by atoms with Gasteiger partial charge in [0.2, 0.25) is 5.91 Å². The Labute approximate surface area is 143 Å². The second-order valence-electron chi connectivity index (χ2n) is 6.52. The highest BCUT2D eigenvalue weighted by molar-refractivity contribution is 5.80. The maximum Gasteiger partial charge on any atom is 0.219 e. The summed E-state index contributed by atoms with van der Waals surface area (Å²) in [5, 5.41) is 3.44. The van der Waals surface area contributed by atoms with Crippen molar-refractivity contribution in [2.45, 2.75) is 39.2 Å². The van der Waals surface area contributed by atoms with Crippen LogP contribution in [-0.4, -0.2) is 71.0 Å². The molecular weight excluding hydrogens is 304 g/mol. The summed E-state index contributed by atoms with van der Waals surface area (Å²) < 4.78 is 2.30. The number of nitrogens with zero attached hydrogens (tertiary/aromatic N) is 5. The number of carbonyl (C=O) groups is 1. The number of rotatable bonds is 3. The molecule has 0 aromatic carbocycles. The zero-order chi connectivity index (χ0) is 16.9. The first-order chi connectivity index (χ1) is 11.7. The molecule has 0 spiro atoms. The lowest BCUT2D eigenvalue weighted by molar-refractivity contribution is -0.130. The predicted octanol–water partition coefficient (Wildman–Crippen LogP) is 0.501. The van der Waals surface area contributed by atoms with E-state index >= 15 is 0 Å². The number of aryl methyl sites for hydroxylation is 2. The van der Waals surface area contributed by atoms with Gasteiger partial charge in [-0.25, -0.2) is 4.98 Å². The van der Waals surface area contributed by atoms with Gasteiger partial charge in [0.25, 0.3) is 0 Å². The number of amides is 1. The van der Waals surface area contributed by atoms with Crippen LogP contribution in [0.25, 0.3) is 0 Å². The maximum absolute atomic E-state index is 11.4. The number of hydrogen-bond donors (Lipinski definition) is 1. The van der Waals surface area contributed by atoms with Gasteiger partial charge in [-0.1, -0.05) is 0 Å². The van der Waals surface area contributed by atoms with E-state index in [1.165, 1.54) is 18.7 Å². The summed E-state index contributed by atoms with van der Waals surface area (Å²) in [5.41, 5.74) is 1.16. The van der Waals surface area contributed by atoms with E-state index in [1.807, 2.05) is 11.9 Å². The molecular formula is C17H28N6O. The Morgan fingerprint density at radius 3 is 2.62 bits per heavy atom. The van der Waals surface area contributed by atoms with Crippen LogP contribution in [0.4, 0.5) is 0 Å². The van der Waals surface area contributed by atoms with Crippen molar-refractivity contribution in [2.75, 3.05) is 39.8 Å². The Morgan fingerprint density at radius 1 is 1.21 bits per heavy atom. The lowest BCUT2D eigenvalue weighted by Crippen LogP contribution is -2.53. The van der Waals surface area contributed by atoms with E-state index in [4.69, 9.17) is 4.98 Å².